The Morgan fingerprint density at radius 1 is 1.16 bits per heavy atom. The van der Waals surface area contributed by atoms with Gasteiger partial charge in [0.25, 0.3) is 5.91 Å². The summed E-state index contributed by atoms with van der Waals surface area (Å²) in [5, 5.41) is 7.86. The zero-order valence-electron chi connectivity index (χ0n) is 15.1. The first-order valence-corrected chi connectivity index (χ1v) is 9.88. The molecule has 25 heavy (non-hydrogen) atoms. The van der Waals surface area contributed by atoms with E-state index in [1.54, 1.807) is 0 Å². The third-order valence-electron chi connectivity index (χ3n) is 6.03. The molecule has 2 saturated heterocycles. The summed E-state index contributed by atoms with van der Waals surface area (Å²) in [7, 11) is 0. The number of amides is 2. The van der Waals surface area contributed by atoms with Gasteiger partial charge in [-0.15, -0.1) is 0 Å². The number of rotatable bonds is 2. The van der Waals surface area contributed by atoms with Gasteiger partial charge < -0.3 is 10.2 Å². The molecule has 0 radical (unpaired) electrons. The van der Waals surface area contributed by atoms with Crippen molar-refractivity contribution >= 4 is 11.8 Å². The summed E-state index contributed by atoms with van der Waals surface area (Å²) in [6.45, 7) is 3.52. The summed E-state index contributed by atoms with van der Waals surface area (Å²) < 4.78 is 1.91. The maximum atomic E-state index is 13.4. The van der Waals surface area contributed by atoms with Crippen LogP contribution in [0.15, 0.2) is 0 Å². The standard InChI is InChI=1S/C19H28N4O2/c1-2-23-18(13-7-3-4-8-14(13)21-23)19(25)22-12-11-15-16(22)9-5-6-10-17(24)20-15/h15-16H,2-12H2,1H3,(H,20,24)/t15-,16+/m0/s1. The number of carbonyl (C=O) groups is 2. The molecule has 136 valence electrons. The third kappa shape index (κ3) is 2.96. The molecule has 1 aromatic rings. The number of hydrogen-bond donors (Lipinski definition) is 1. The van der Waals surface area contributed by atoms with Crippen molar-refractivity contribution in [3.8, 4) is 0 Å². The zero-order valence-corrected chi connectivity index (χ0v) is 15.1. The quantitative estimate of drug-likeness (QED) is 0.893. The van der Waals surface area contributed by atoms with Crippen molar-refractivity contribution in [1.82, 2.24) is 20.0 Å². The fraction of sp³-hybridized carbons (Fsp3) is 0.737. The summed E-state index contributed by atoms with van der Waals surface area (Å²) >= 11 is 0. The Morgan fingerprint density at radius 2 is 1.96 bits per heavy atom. The SMILES string of the molecule is CCn1nc2c(c1C(=O)N1CC[C@@H]3NC(=O)CCCC[C@H]31)CCCC2. The highest BCUT2D eigenvalue weighted by Crippen LogP contribution is 2.30. The van der Waals surface area contributed by atoms with Crippen molar-refractivity contribution in [1.29, 1.82) is 0 Å². The summed E-state index contributed by atoms with van der Waals surface area (Å²) in [4.78, 5) is 27.4. The minimum Gasteiger partial charge on any atom is -0.351 e. The first-order chi connectivity index (χ1) is 12.2. The van der Waals surface area contributed by atoms with Gasteiger partial charge in [0.1, 0.15) is 5.69 Å². The predicted molar refractivity (Wildman–Crippen MR) is 94.4 cm³/mol. The molecule has 1 aliphatic carbocycles. The number of hydrogen-bond acceptors (Lipinski definition) is 3. The first kappa shape index (κ1) is 16.6. The minimum atomic E-state index is 0.116. The lowest BCUT2D eigenvalue weighted by Gasteiger charge is -2.30. The van der Waals surface area contributed by atoms with Crippen LogP contribution in [-0.2, 0) is 24.2 Å². The Balaban J connectivity index is 1.63. The largest absolute Gasteiger partial charge is 0.351 e. The molecule has 3 heterocycles. The van der Waals surface area contributed by atoms with Gasteiger partial charge in [0.05, 0.1) is 17.8 Å². The van der Waals surface area contributed by atoms with Crippen LogP contribution in [-0.4, -0.2) is 45.1 Å². The van der Waals surface area contributed by atoms with Crippen molar-refractivity contribution in [2.75, 3.05) is 6.54 Å². The molecule has 3 aliphatic rings. The lowest BCUT2D eigenvalue weighted by Crippen LogP contribution is -2.48. The molecule has 2 atom stereocenters. The molecule has 2 fully saturated rings. The molecule has 0 saturated carbocycles. The van der Waals surface area contributed by atoms with Crippen molar-refractivity contribution < 1.29 is 9.59 Å². The van der Waals surface area contributed by atoms with Crippen molar-refractivity contribution in [2.24, 2.45) is 0 Å². The Labute approximate surface area is 148 Å². The minimum absolute atomic E-state index is 0.116. The lowest BCUT2D eigenvalue weighted by atomic mass is 9.95. The number of carbonyl (C=O) groups excluding carboxylic acids is 2. The molecule has 1 aromatic heterocycles. The van der Waals surface area contributed by atoms with Crippen LogP contribution in [0.2, 0.25) is 0 Å². The molecule has 1 N–H and O–H groups in total. The molecule has 4 rings (SSSR count). The van der Waals surface area contributed by atoms with Crippen LogP contribution < -0.4 is 5.32 Å². The Bertz CT molecular complexity index is 681. The van der Waals surface area contributed by atoms with Gasteiger partial charge >= 0.3 is 0 Å². The van der Waals surface area contributed by atoms with Crippen LogP contribution in [0.1, 0.15) is 73.6 Å². The maximum absolute atomic E-state index is 13.4. The molecule has 2 aliphatic heterocycles. The fourth-order valence-corrected chi connectivity index (χ4v) is 4.76. The molecular formula is C19H28N4O2. The topological polar surface area (TPSA) is 67.2 Å². The van der Waals surface area contributed by atoms with Gasteiger partial charge in [-0.1, -0.05) is 6.42 Å². The van der Waals surface area contributed by atoms with Crippen LogP contribution >= 0.6 is 0 Å². The van der Waals surface area contributed by atoms with E-state index in [0.717, 1.165) is 69.4 Å². The van der Waals surface area contributed by atoms with Crippen LogP contribution in [0.3, 0.4) is 0 Å². The monoisotopic (exact) mass is 344 g/mol. The number of likely N-dealkylation sites (tertiary alicyclic amines) is 1. The van der Waals surface area contributed by atoms with Gasteiger partial charge in [-0.3, -0.25) is 14.3 Å². The number of nitrogens with one attached hydrogen (secondary N) is 1. The normalized spacial score (nSPS) is 26.4. The summed E-state index contributed by atoms with van der Waals surface area (Å²) in [5.41, 5.74) is 3.11. The Kier molecular flexibility index (Phi) is 4.52. The third-order valence-corrected chi connectivity index (χ3v) is 6.03. The Hall–Kier alpha value is -1.85. The second-order valence-corrected chi connectivity index (χ2v) is 7.57. The molecular weight excluding hydrogens is 316 g/mol. The molecule has 0 unspecified atom stereocenters. The van der Waals surface area contributed by atoms with E-state index in [-0.39, 0.29) is 23.9 Å². The molecule has 6 nitrogen and oxygen atoms in total. The van der Waals surface area contributed by atoms with Gasteiger partial charge in [-0.25, -0.2) is 0 Å². The van der Waals surface area contributed by atoms with Crippen molar-refractivity contribution in [2.45, 2.75) is 83.3 Å². The van der Waals surface area contributed by atoms with Gasteiger partial charge in [0.2, 0.25) is 5.91 Å². The van der Waals surface area contributed by atoms with E-state index in [1.165, 1.54) is 12.0 Å². The van der Waals surface area contributed by atoms with Crippen molar-refractivity contribution in [3.05, 3.63) is 17.0 Å². The second kappa shape index (κ2) is 6.81. The van der Waals surface area contributed by atoms with Gasteiger partial charge in [-0.2, -0.15) is 5.10 Å². The van der Waals surface area contributed by atoms with Crippen molar-refractivity contribution in [3.63, 3.8) is 0 Å². The van der Waals surface area contributed by atoms with Crippen LogP contribution in [0.25, 0.3) is 0 Å². The van der Waals surface area contributed by atoms with E-state index in [4.69, 9.17) is 5.10 Å². The average molecular weight is 344 g/mol. The smallest absolute Gasteiger partial charge is 0.272 e. The lowest BCUT2D eigenvalue weighted by molar-refractivity contribution is -0.122. The van der Waals surface area contributed by atoms with E-state index >= 15 is 0 Å². The van der Waals surface area contributed by atoms with Crippen LogP contribution in [0.4, 0.5) is 0 Å². The van der Waals surface area contributed by atoms with E-state index in [1.807, 2.05) is 9.58 Å². The van der Waals surface area contributed by atoms with E-state index < -0.39 is 0 Å². The molecule has 0 bridgehead atoms. The predicted octanol–water partition coefficient (Wildman–Crippen LogP) is 2.06. The number of aromatic nitrogens is 2. The molecule has 6 heteroatoms. The van der Waals surface area contributed by atoms with Gasteiger partial charge in [0.15, 0.2) is 0 Å². The summed E-state index contributed by atoms with van der Waals surface area (Å²) in [6, 6.07) is 0.252. The van der Waals surface area contributed by atoms with Gasteiger partial charge in [0, 0.05) is 25.1 Å². The highest BCUT2D eigenvalue weighted by atomic mass is 16.2. The zero-order chi connectivity index (χ0) is 17.4. The van der Waals surface area contributed by atoms with Gasteiger partial charge in [-0.05, 0) is 51.9 Å². The first-order valence-electron chi connectivity index (χ1n) is 9.88. The van der Waals surface area contributed by atoms with E-state index in [0.29, 0.717) is 6.42 Å². The Morgan fingerprint density at radius 3 is 2.80 bits per heavy atom. The highest BCUT2D eigenvalue weighted by Gasteiger charge is 2.40. The fourth-order valence-electron chi connectivity index (χ4n) is 4.76. The number of aryl methyl sites for hydroxylation is 2. The summed E-state index contributed by atoms with van der Waals surface area (Å²) in [6.07, 6.45) is 8.67. The number of nitrogens with zero attached hydrogens (tertiary/aromatic N) is 3. The highest BCUT2D eigenvalue weighted by molar-refractivity contribution is 5.95. The van der Waals surface area contributed by atoms with E-state index in [2.05, 4.69) is 12.2 Å². The second-order valence-electron chi connectivity index (χ2n) is 7.57. The average Bonchev–Trinajstić information content (AvgIpc) is 3.17. The molecule has 2 amide bonds. The molecule has 0 aromatic carbocycles. The maximum Gasteiger partial charge on any atom is 0.272 e. The molecule has 0 spiro atoms. The van der Waals surface area contributed by atoms with Crippen LogP contribution in [0.5, 0.6) is 0 Å². The number of fused-ring (bicyclic) bond motifs is 2. The van der Waals surface area contributed by atoms with E-state index in [9.17, 15) is 9.59 Å². The summed E-state index contributed by atoms with van der Waals surface area (Å²) in [5.74, 6) is 0.264. The van der Waals surface area contributed by atoms with Crippen LogP contribution in [0, 0.1) is 0 Å².